The first kappa shape index (κ1) is 21.1. The van der Waals surface area contributed by atoms with Crippen molar-refractivity contribution in [3.63, 3.8) is 0 Å². The molecule has 0 saturated heterocycles. The Bertz CT molecular complexity index is 1010. The number of aromatic nitrogens is 3. The van der Waals surface area contributed by atoms with Crippen molar-refractivity contribution in [3.05, 3.63) is 59.9 Å². The Morgan fingerprint density at radius 1 is 1.23 bits per heavy atom. The summed E-state index contributed by atoms with van der Waals surface area (Å²) < 4.78 is 19.5. The first-order valence-electron chi connectivity index (χ1n) is 8.96. The molecule has 30 heavy (non-hydrogen) atoms. The van der Waals surface area contributed by atoms with Crippen molar-refractivity contribution >= 4 is 35.5 Å². The summed E-state index contributed by atoms with van der Waals surface area (Å²) in [5.74, 6) is 6.35. The highest BCUT2D eigenvalue weighted by Crippen LogP contribution is 2.17. The fourth-order valence-corrected chi connectivity index (χ4v) is 2.95. The molecule has 2 aromatic carbocycles. The number of benzene rings is 2. The number of carbonyl (C=O) groups excluding carboxylic acids is 1. The number of amides is 1. The third kappa shape index (κ3) is 5.95. The number of nitrogens with zero attached hydrogens (tertiary/aromatic N) is 4. The molecule has 0 unspecified atom stereocenters. The number of nitrogens with two attached hydrogens (primary N) is 1. The number of hydrogen-bond donors (Lipinski definition) is 3. The Kier molecular flexibility index (Phi) is 7.22. The van der Waals surface area contributed by atoms with Gasteiger partial charge < -0.3 is 15.9 Å². The molecule has 1 heterocycles. The fourth-order valence-electron chi connectivity index (χ4n) is 2.29. The maximum atomic E-state index is 12.9. The van der Waals surface area contributed by atoms with Crippen LogP contribution in [0, 0.1) is 5.82 Å². The third-order valence-electron chi connectivity index (χ3n) is 3.69. The number of thioether (sulfide) groups is 1. The lowest BCUT2D eigenvalue weighted by Crippen LogP contribution is -2.16. The Morgan fingerprint density at radius 3 is 2.67 bits per heavy atom. The van der Waals surface area contributed by atoms with E-state index in [1.54, 1.807) is 6.21 Å². The van der Waals surface area contributed by atoms with Crippen LogP contribution in [0.1, 0.15) is 12.5 Å². The van der Waals surface area contributed by atoms with E-state index in [1.807, 2.05) is 31.2 Å². The molecular formula is C19H20FN7O2S. The van der Waals surface area contributed by atoms with Crippen molar-refractivity contribution in [2.75, 3.05) is 28.9 Å². The first-order chi connectivity index (χ1) is 14.5. The Balaban J connectivity index is 1.50. The zero-order valence-electron chi connectivity index (χ0n) is 16.1. The van der Waals surface area contributed by atoms with Crippen LogP contribution in [-0.4, -0.2) is 39.4 Å². The third-order valence-corrected chi connectivity index (χ3v) is 4.64. The minimum atomic E-state index is -0.371. The van der Waals surface area contributed by atoms with Gasteiger partial charge in [-0.3, -0.25) is 4.79 Å². The number of carbonyl (C=O) groups is 1. The second kappa shape index (κ2) is 10.3. The molecule has 0 radical (unpaired) electrons. The number of anilines is 2. The molecule has 0 aliphatic carbocycles. The van der Waals surface area contributed by atoms with E-state index in [1.165, 1.54) is 28.9 Å². The number of nitrogen functional groups attached to an aromatic ring is 1. The molecule has 1 aromatic heterocycles. The van der Waals surface area contributed by atoms with E-state index in [-0.39, 0.29) is 23.4 Å². The van der Waals surface area contributed by atoms with E-state index in [2.05, 4.69) is 26.0 Å². The number of hydrazone groups is 1. The molecular weight excluding hydrogens is 409 g/mol. The minimum absolute atomic E-state index is 0.0577. The number of hydrogen-bond acceptors (Lipinski definition) is 8. The second-order valence-corrected chi connectivity index (χ2v) is 6.83. The van der Waals surface area contributed by atoms with Gasteiger partial charge in [-0.25, -0.2) is 14.5 Å². The molecule has 3 rings (SSSR count). The van der Waals surface area contributed by atoms with Crippen molar-refractivity contribution in [1.82, 2.24) is 14.9 Å². The summed E-state index contributed by atoms with van der Waals surface area (Å²) in [5, 5.41) is 14.9. The van der Waals surface area contributed by atoms with Crippen LogP contribution >= 0.6 is 11.8 Å². The number of halogens is 1. The summed E-state index contributed by atoms with van der Waals surface area (Å²) in [4.78, 5) is 12.0. The predicted molar refractivity (Wildman–Crippen MR) is 115 cm³/mol. The largest absolute Gasteiger partial charge is 0.494 e. The molecule has 0 fully saturated rings. The van der Waals surface area contributed by atoms with Crippen LogP contribution in [0.3, 0.4) is 0 Å². The molecule has 4 N–H and O–H groups in total. The van der Waals surface area contributed by atoms with Crippen LogP contribution in [0.25, 0.3) is 0 Å². The highest BCUT2D eigenvalue weighted by atomic mass is 32.2. The Hall–Kier alpha value is -3.60. The first-order valence-corrected chi connectivity index (χ1v) is 9.94. The highest BCUT2D eigenvalue weighted by molar-refractivity contribution is 7.99. The molecule has 0 bridgehead atoms. The average Bonchev–Trinajstić information content (AvgIpc) is 3.09. The standard InChI is InChI=1S/C19H20FN7O2S/c1-2-29-16-9-3-13(4-10-16)11-22-24-18-25-26-19(27(18)21)30-12-17(28)23-15-7-5-14(20)6-8-15/h3-11H,2,12,21H2,1H3,(H,23,28)(H,24,25)/b22-11+. The van der Waals surface area contributed by atoms with Gasteiger partial charge in [0.2, 0.25) is 11.1 Å². The highest BCUT2D eigenvalue weighted by Gasteiger charge is 2.12. The van der Waals surface area contributed by atoms with Crippen LogP contribution in [0.5, 0.6) is 5.75 Å². The summed E-state index contributed by atoms with van der Waals surface area (Å²) >= 11 is 1.11. The van der Waals surface area contributed by atoms with Crippen molar-refractivity contribution in [3.8, 4) is 5.75 Å². The number of ether oxygens (including phenoxy) is 1. The van der Waals surface area contributed by atoms with Gasteiger partial charge in [-0.15, -0.1) is 10.2 Å². The van der Waals surface area contributed by atoms with E-state index >= 15 is 0 Å². The van der Waals surface area contributed by atoms with Gasteiger partial charge >= 0.3 is 0 Å². The van der Waals surface area contributed by atoms with Crippen LogP contribution in [0.4, 0.5) is 16.0 Å². The summed E-state index contributed by atoms with van der Waals surface area (Å²) in [6.45, 7) is 2.53. The van der Waals surface area contributed by atoms with Crippen molar-refractivity contribution < 1.29 is 13.9 Å². The van der Waals surface area contributed by atoms with Crippen molar-refractivity contribution in [2.45, 2.75) is 12.1 Å². The average molecular weight is 429 g/mol. The van der Waals surface area contributed by atoms with Crippen LogP contribution in [0.15, 0.2) is 58.8 Å². The molecule has 0 atom stereocenters. The van der Waals surface area contributed by atoms with Gasteiger partial charge in [0.1, 0.15) is 11.6 Å². The van der Waals surface area contributed by atoms with Gasteiger partial charge in [-0.1, -0.05) is 11.8 Å². The normalized spacial score (nSPS) is 10.9. The van der Waals surface area contributed by atoms with E-state index in [0.29, 0.717) is 17.5 Å². The molecule has 3 aromatic rings. The van der Waals surface area contributed by atoms with Gasteiger partial charge in [-0.2, -0.15) is 5.10 Å². The summed E-state index contributed by atoms with van der Waals surface area (Å²) in [6.07, 6.45) is 1.60. The molecule has 9 nitrogen and oxygen atoms in total. The fraction of sp³-hybridized carbons (Fsp3) is 0.158. The van der Waals surface area contributed by atoms with E-state index < -0.39 is 0 Å². The second-order valence-electron chi connectivity index (χ2n) is 5.89. The maximum absolute atomic E-state index is 12.9. The SMILES string of the molecule is CCOc1ccc(/C=N/Nc2nnc(SCC(=O)Nc3ccc(F)cc3)n2N)cc1. The van der Waals surface area contributed by atoms with E-state index in [0.717, 1.165) is 23.1 Å². The predicted octanol–water partition coefficient (Wildman–Crippen LogP) is 2.71. The van der Waals surface area contributed by atoms with Gasteiger partial charge in [0.15, 0.2) is 0 Å². The summed E-state index contributed by atoms with van der Waals surface area (Å²) in [5.41, 5.74) is 4.07. The molecule has 156 valence electrons. The summed E-state index contributed by atoms with van der Waals surface area (Å²) in [7, 11) is 0. The molecule has 11 heteroatoms. The lowest BCUT2D eigenvalue weighted by atomic mass is 10.2. The molecule has 1 amide bonds. The zero-order valence-corrected chi connectivity index (χ0v) is 16.9. The maximum Gasteiger partial charge on any atom is 0.264 e. The Morgan fingerprint density at radius 2 is 1.97 bits per heavy atom. The monoisotopic (exact) mass is 429 g/mol. The minimum Gasteiger partial charge on any atom is -0.494 e. The van der Waals surface area contributed by atoms with Crippen LogP contribution in [-0.2, 0) is 4.79 Å². The quantitative estimate of drug-likeness (QED) is 0.207. The topological polar surface area (TPSA) is 119 Å². The van der Waals surface area contributed by atoms with Gasteiger partial charge in [0.25, 0.3) is 5.95 Å². The summed E-state index contributed by atoms with van der Waals surface area (Å²) in [6, 6.07) is 12.9. The molecule has 0 saturated carbocycles. The van der Waals surface area contributed by atoms with Gasteiger partial charge in [-0.05, 0) is 61.0 Å². The van der Waals surface area contributed by atoms with Gasteiger partial charge in [0, 0.05) is 5.69 Å². The van der Waals surface area contributed by atoms with Crippen molar-refractivity contribution in [1.29, 1.82) is 0 Å². The van der Waals surface area contributed by atoms with Gasteiger partial charge in [0.05, 0.1) is 18.6 Å². The zero-order chi connectivity index (χ0) is 21.3. The number of rotatable bonds is 9. The van der Waals surface area contributed by atoms with Crippen LogP contribution in [0.2, 0.25) is 0 Å². The van der Waals surface area contributed by atoms with Crippen molar-refractivity contribution in [2.24, 2.45) is 5.10 Å². The number of nitrogens with one attached hydrogen (secondary N) is 2. The molecule has 0 aliphatic heterocycles. The lowest BCUT2D eigenvalue weighted by molar-refractivity contribution is -0.113. The van der Waals surface area contributed by atoms with E-state index in [9.17, 15) is 9.18 Å². The Labute approximate surface area is 176 Å². The smallest absolute Gasteiger partial charge is 0.264 e. The van der Waals surface area contributed by atoms with Crippen LogP contribution < -0.4 is 21.3 Å². The molecule has 0 spiro atoms. The lowest BCUT2D eigenvalue weighted by Gasteiger charge is -2.05. The molecule has 0 aliphatic rings. The van der Waals surface area contributed by atoms with E-state index in [4.69, 9.17) is 10.6 Å².